The summed E-state index contributed by atoms with van der Waals surface area (Å²) in [5.74, 6) is 0.237. The first-order chi connectivity index (χ1) is 6.24. The molecule has 0 saturated heterocycles. The van der Waals surface area contributed by atoms with E-state index in [9.17, 15) is 4.79 Å². The van der Waals surface area contributed by atoms with Crippen LogP contribution in [0, 0.1) is 0 Å². The molecule has 1 aromatic heterocycles. The minimum absolute atomic E-state index is 0.311. The zero-order valence-corrected chi connectivity index (χ0v) is 8.69. The van der Waals surface area contributed by atoms with Crippen molar-refractivity contribution in [3.8, 4) is 0 Å². The molecule has 0 radical (unpaired) electrons. The lowest BCUT2D eigenvalue weighted by Crippen LogP contribution is -2.41. The highest BCUT2D eigenvalue weighted by Gasteiger charge is 2.13. The monoisotopic (exact) mass is 218 g/mol. The average Bonchev–Trinajstić information content (AvgIpc) is 2.57. The molecule has 13 heavy (non-hydrogen) atoms. The zero-order valence-electron chi connectivity index (χ0n) is 7.06. The van der Waals surface area contributed by atoms with Gasteiger partial charge in [-0.1, -0.05) is 23.1 Å². The van der Waals surface area contributed by atoms with Gasteiger partial charge in [-0.25, -0.2) is 0 Å². The number of primary amides is 1. The molecule has 0 spiro atoms. The Morgan fingerprint density at radius 2 is 2.69 bits per heavy atom. The van der Waals surface area contributed by atoms with Crippen LogP contribution in [0.1, 0.15) is 0 Å². The van der Waals surface area contributed by atoms with Gasteiger partial charge in [-0.3, -0.25) is 4.79 Å². The lowest BCUT2D eigenvalue weighted by Gasteiger charge is -2.09. The number of nitrogens with one attached hydrogen (secondary N) is 1. The molecule has 1 rings (SSSR count). The zero-order chi connectivity index (χ0) is 9.68. The van der Waals surface area contributed by atoms with Crippen LogP contribution in [0.5, 0.6) is 0 Å². The number of hydrogen-bond acceptors (Lipinski definition) is 6. The third kappa shape index (κ3) is 3.29. The van der Waals surface area contributed by atoms with Crippen molar-refractivity contribution in [2.75, 3.05) is 12.8 Å². The van der Waals surface area contributed by atoms with Crippen LogP contribution in [0.2, 0.25) is 0 Å². The molecule has 7 heteroatoms. The Kier molecular flexibility index (Phi) is 4.13. The fourth-order valence-corrected chi connectivity index (χ4v) is 2.32. The second kappa shape index (κ2) is 5.15. The molecule has 0 bridgehead atoms. The summed E-state index contributed by atoms with van der Waals surface area (Å²) >= 11 is 2.92. The normalized spacial score (nSPS) is 12.7. The van der Waals surface area contributed by atoms with E-state index >= 15 is 0 Å². The molecule has 5 nitrogen and oxygen atoms in total. The van der Waals surface area contributed by atoms with E-state index in [1.165, 1.54) is 23.1 Å². The van der Waals surface area contributed by atoms with Crippen molar-refractivity contribution in [3.05, 3.63) is 5.51 Å². The average molecular weight is 218 g/mol. The van der Waals surface area contributed by atoms with Crippen LogP contribution in [0.15, 0.2) is 9.85 Å². The van der Waals surface area contributed by atoms with Crippen molar-refractivity contribution in [2.24, 2.45) is 5.73 Å². The topological polar surface area (TPSA) is 80.9 Å². The molecule has 1 heterocycles. The highest BCUT2D eigenvalue weighted by Crippen LogP contribution is 2.19. The molecule has 0 saturated carbocycles. The maximum Gasteiger partial charge on any atom is 0.235 e. The summed E-state index contributed by atoms with van der Waals surface area (Å²) in [5, 5.41) is 10.3. The van der Waals surface area contributed by atoms with Gasteiger partial charge in [0.05, 0.1) is 6.04 Å². The lowest BCUT2D eigenvalue weighted by atomic mass is 10.3. The first-order valence-corrected chi connectivity index (χ1v) is 5.46. The van der Waals surface area contributed by atoms with Gasteiger partial charge in [-0.05, 0) is 7.05 Å². The van der Waals surface area contributed by atoms with Crippen LogP contribution in [-0.4, -0.2) is 34.9 Å². The number of nitrogens with two attached hydrogens (primary N) is 1. The molecule has 1 aromatic rings. The van der Waals surface area contributed by atoms with Gasteiger partial charge in [0.25, 0.3) is 0 Å². The van der Waals surface area contributed by atoms with Gasteiger partial charge in [0.15, 0.2) is 4.34 Å². The number of hydrogen-bond donors (Lipinski definition) is 2. The third-order valence-electron chi connectivity index (χ3n) is 1.41. The van der Waals surface area contributed by atoms with E-state index in [4.69, 9.17) is 5.73 Å². The predicted octanol–water partition coefficient (Wildman–Crippen LogP) is -0.297. The van der Waals surface area contributed by atoms with Crippen LogP contribution in [0.25, 0.3) is 0 Å². The van der Waals surface area contributed by atoms with Crippen molar-refractivity contribution in [1.82, 2.24) is 15.5 Å². The fraction of sp³-hybridized carbons (Fsp3) is 0.500. The first-order valence-electron chi connectivity index (χ1n) is 3.59. The summed E-state index contributed by atoms with van der Waals surface area (Å²) in [6, 6.07) is -0.311. The van der Waals surface area contributed by atoms with Crippen LogP contribution in [0.4, 0.5) is 0 Å². The van der Waals surface area contributed by atoms with Gasteiger partial charge in [0.1, 0.15) is 5.51 Å². The molecule has 0 aliphatic carbocycles. The maximum atomic E-state index is 10.8. The molecule has 1 amide bonds. The van der Waals surface area contributed by atoms with Gasteiger partial charge in [-0.2, -0.15) is 0 Å². The van der Waals surface area contributed by atoms with Gasteiger partial charge in [0, 0.05) is 5.75 Å². The van der Waals surface area contributed by atoms with E-state index in [1.807, 2.05) is 0 Å². The van der Waals surface area contributed by atoms with Gasteiger partial charge >= 0.3 is 0 Å². The highest BCUT2D eigenvalue weighted by molar-refractivity contribution is 8.01. The number of nitrogens with zero attached hydrogens (tertiary/aromatic N) is 2. The number of carbonyl (C=O) groups excluding carboxylic acids is 1. The van der Waals surface area contributed by atoms with Gasteiger partial charge < -0.3 is 11.1 Å². The van der Waals surface area contributed by atoms with E-state index in [2.05, 4.69) is 15.5 Å². The van der Waals surface area contributed by atoms with Crippen LogP contribution in [0.3, 0.4) is 0 Å². The molecule has 3 N–H and O–H groups in total. The molecule has 0 aliphatic rings. The Morgan fingerprint density at radius 3 is 3.15 bits per heavy atom. The van der Waals surface area contributed by atoms with Gasteiger partial charge in [0.2, 0.25) is 5.91 Å². The molecule has 1 unspecified atom stereocenters. The second-order valence-electron chi connectivity index (χ2n) is 2.26. The van der Waals surface area contributed by atoms with Crippen molar-refractivity contribution >= 4 is 29.0 Å². The van der Waals surface area contributed by atoms with E-state index in [1.54, 1.807) is 12.6 Å². The smallest absolute Gasteiger partial charge is 0.235 e. The Labute approximate surface area is 84.1 Å². The summed E-state index contributed by atoms with van der Waals surface area (Å²) < 4.78 is 0.849. The maximum absolute atomic E-state index is 10.8. The summed E-state index contributed by atoms with van der Waals surface area (Å²) in [6.45, 7) is 0. The Morgan fingerprint density at radius 1 is 1.92 bits per heavy atom. The van der Waals surface area contributed by atoms with E-state index < -0.39 is 0 Å². The molecule has 1 atom stereocenters. The van der Waals surface area contributed by atoms with Gasteiger partial charge in [-0.15, -0.1) is 10.2 Å². The van der Waals surface area contributed by atoms with E-state index in [0.29, 0.717) is 5.75 Å². The van der Waals surface area contributed by atoms with E-state index in [0.717, 1.165) is 4.34 Å². The minimum Gasteiger partial charge on any atom is -0.368 e. The largest absolute Gasteiger partial charge is 0.368 e. The summed E-state index contributed by atoms with van der Waals surface area (Å²) in [5.41, 5.74) is 6.79. The summed E-state index contributed by atoms with van der Waals surface area (Å²) in [4.78, 5) is 10.8. The van der Waals surface area contributed by atoms with Crippen LogP contribution >= 0.6 is 23.1 Å². The van der Waals surface area contributed by atoms with E-state index in [-0.39, 0.29) is 11.9 Å². The first kappa shape index (κ1) is 10.4. The van der Waals surface area contributed by atoms with Crippen molar-refractivity contribution in [1.29, 1.82) is 0 Å². The quantitative estimate of drug-likeness (QED) is 0.663. The number of aromatic nitrogens is 2. The minimum atomic E-state index is -0.348. The Bertz CT molecular complexity index is 264. The molecular formula is C6H10N4OS2. The van der Waals surface area contributed by atoms with Crippen LogP contribution in [-0.2, 0) is 4.79 Å². The van der Waals surface area contributed by atoms with Crippen molar-refractivity contribution in [2.45, 2.75) is 10.4 Å². The second-order valence-corrected chi connectivity index (χ2v) is 4.36. The predicted molar refractivity (Wildman–Crippen MR) is 52.7 cm³/mol. The van der Waals surface area contributed by atoms with Crippen LogP contribution < -0.4 is 11.1 Å². The Balaban J connectivity index is 2.36. The SMILES string of the molecule is CNC(CSc1nncs1)C(N)=O. The highest BCUT2D eigenvalue weighted by atomic mass is 32.2. The molecular weight excluding hydrogens is 208 g/mol. The number of amides is 1. The molecule has 0 aromatic carbocycles. The molecule has 72 valence electrons. The third-order valence-corrected chi connectivity index (χ3v) is 3.36. The molecule has 0 fully saturated rings. The van der Waals surface area contributed by atoms with Crippen molar-refractivity contribution in [3.63, 3.8) is 0 Å². The summed E-state index contributed by atoms with van der Waals surface area (Å²) in [7, 11) is 1.70. The fourth-order valence-electron chi connectivity index (χ4n) is 0.688. The lowest BCUT2D eigenvalue weighted by molar-refractivity contribution is -0.119. The number of thioether (sulfide) groups is 1. The summed E-state index contributed by atoms with van der Waals surface area (Å²) in [6.07, 6.45) is 0. The van der Waals surface area contributed by atoms with Crippen molar-refractivity contribution < 1.29 is 4.79 Å². The number of rotatable bonds is 5. The standard InChI is InChI=1S/C6H10N4OS2/c1-8-4(5(7)11)2-12-6-10-9-3-13-6/h3-4,8H,2H2,1H3,(H2,7,11). The Hall–Kier alpha value is -0.660. The number of carbonyl (C=O) groups is 1. The number of likely N-dealkylation sites (N-methyl/N-ethyl adjacent to an activating group) is 1. The molecule has 0 aliphatic heterocycles.